The zero-order chi connectivity index (χ0) is 17.3. The third-order valence-electron chi connectivity index (χ3n) is 5.40. The first-order chi connectivity index (χ1) is 12.3. The van der Waals surface area contributed by atoms with Gasteiger partial charge in [0.1, 0.15) is 0 Å². The minimum atomic E-state index is 0. The van der Waals surface area contributed by atoms with Crippen LogP contribution in [-0.2, 0) is 9.53 Å². The maximum Gasteiger partial charge on any atom is 0.220 e. The fourth-order valence-electron chi connectivity index (χ4n) is 3.83. The van der Waals surface area contributed by atoms with Crippen molar-refractivity contribution in [3.8, 4) is 0 Å². The second-order valence-corrected chi connectivity index (χ2v) is 7.11. The molecule has 2 N–H and O–H groups in total. The van der Waals surface area contributed by atoms with Gasteiger partial charge in [0.2, 0.25) is 5.91 Å². The van der Waals surface area contributed by atoms with E-state index in [2.05, 4.69) is 39.8 Å². The van der Waals surface area contributed by atoms with Gasteiger partial charge in [-0.25, -0.2) is 0 Å². The topological polar surface area (TPSA) is 53.6 Å². The summed E-state index contributed by atoms with van der Waals surface area (Å²) in [6.07, 6.45) is 4.07. The molecule has 1 amide bonds. The first-order valence-corrected chi connectivity index (χ1v) is 9.67. The van der Waals surface area contributed by atoms with E-state index in [-0.39, 0.29) is 36.8 Å². The van der Waals surface area contributed by atoms with E-state index in [1.54, 1.807) is 0 Å². The molecule has 1 aromatic rings. The summed E-state index contributed by atoms with van der Waals surface area (Å²) in [5.41, 5.74) is 1.27. The Kier molecular flexibility index (Phi) is 12.0. The molecule has 2 heterocycles. The molecule has 0 saturated carbocycles. The molecule has 0 aromatic heterocycles. The molecule has 0 spiro atoms. The van der Waals surface area contributed by atoms with Crippen LogP contribution in [0.15, 0.2) is 30.3 Å². The summed E-state index contributed by atoms with van der Waals surface area (Å²) in [5, 5.41) is 6.56. The Balaban J connectivity index is 0.00000182. The van der Waals surface area contributed by atoms with Gasteiger partial charge in [-0.15, -0.1) is 24.8 Å². The van der Waals surface area contributed by atoms with Crippen molar-refractivity contribution in [2.75, 3.05) is 45.9 Å². The second kappa shape index (κ2) is 13.3. The average molecular weight is 418 g/mol. The van der Waals surface area contributed by atoms with Gasteiger partial charge >= 0.3 is 0 Å². The zero-order valence-electron chi connectivity index (χ0n) is 15.9. The van der Waals surface area contributed by atoms with Crippen LogP contribution in [0.2, 0.25) is 0 Å². The summed E-state index contributed by atoms with van der Waals surface area (Å²) >= 11 is 0. The third kappa shape index (κ3) is 7.96. The largest absolute Gasteiger partial charge is 0.379 e. The number of nitrogens with zero attached hydrogens (tertiary/aromatic N) is 1. The van der Waals surface area contributed by atoms with Crippen molar-refractivity contribution >= 4 is 30.7 Å². The van der Waals surface area contributed by atoms with Crippen LogP contribution < -0.4 is 10.6 Å². The number of ether oxygens (including phenoxy) is 1. The van der Waals surface area contributed by atoms with Crippen molar-refractivity contribution < 1.29 is 9.53 Å². The van der Waals surface area contributed by atoms with Gasteiger partial charge in [-0.3, -0.25) is 9.69 Å². The van der Waals surface area contributed by atoms with Crippen LogP contribution in [-0.4, -0.2) is 56.7 Å². The Morgan fingerprint density at radius 3 is 2.48 bits per heavy atom. The summed E-state index contributed by atoms with van der Waals surface area (Å²) in [6, 6.07) is 10.7. The van der Waals surface area contributed by atoms with Gasteiger partial charge in [-0.2, -0.15) is 0 Å². The molecule has 1 aromatic carbocycles. The minimum absolute atomic E-state index is 0. The van der Waals surface area contributed by atoms with Gasteiger partial charge in [0.15, 0.2) is 0 Å². The number of benzene rings is 1. The SMILES string of the molecule is Cl.Cl.O=C(CCC1CCNCC1)NCC(c1ccccc1)N1CCOCC1. The smallest absolute Gasteiger partial charge is 0.220 e. The first-order valence-electron chi connectivity index (χ1n) is 9.67. The van der Waals surface area contributed by atoms with Crippen molar-refractivity contribution in [3.63, 3.8) is 0 Å². The van der Waals surface area contributed by atoms with Gasteiger partial charge in [0.05, 0.1) is 19.3 Å². The highest BCUT2D eigenvalue weighted by Crippen LogP contribution is 2.21. The molecular weight excluding hydrogens is 385 g/mol. The van der Waals surface area contributed by atoms with Gasteiger partial charge < -0.3 is 15.4 Å². The molecule has 3 rings (SSSR count). The third-order valence-corrected chi connectivity index (χ3v) is 5.40. The molecule has 2 aliphatic rings. The van der Waals surface area contributed by atoms with Crippen molar-refractivity contribution in [1.29, 1.82) is 0 Å². The standard InChI is InChI=1S/C20H31N3O2.2ClH/c24-20(7-6-17-8-10-21-11-9-17)22-16-19(18-4-2-1-3-5-18)23-12-14-25-15-13-23;;/h1-5,17,19,21H,6-16H2,(H,22,24);2*1H. The number of piperidine rings is 1. The summed E-state index contributed by atoms with van der Waals surface area (Å²) in [6.45, 7) is 6.25. The zero-order valence-corrected chi connectivity index (χ0v) is 17.5. The molecule has 0 bridgehead atoms. The first kappa shape index (κ1) is 24.2. The molecule has 2 aliphatic heterocycles. The normalized spacial score (nSPS) is 19.4. The molecule has 5 nitrogen and oxygen atoms in total. The number of hydrogen-bond donors (Lipinski definition) is 2. The Bertz CT molecular complexity index is 521. The average Bonchev–Trinajstić information content (AvgIpc) is 2.69. The van der Waals surface area contributed by atoms with Crippen molar-refractivity contribution in [1.82, 2.24) is 15.5 Å². The summed E-state index contributed by atoms with van der Waals surface area (Å²) in [7, 11) is 0. The highest BCUT2D eigenvalue weighted by atomic mass is 35.5. The van der Waals surface area contributed by atoms with E-state index in [0.29, 0.717) is 18.9 Å². The molecule has 154 valence electrons. The van der Waals surface area contributed by atoms with Crippen LogP contribution in [0.4, 0.5) is 0 Å². The minimum Gasteiger partial charge on any atom is -0.379 e. The van der Waals surface area contributed by atoms with E-state index >= 15 is 0 Å². The predicted octanol–water partition coefficient (Wildman–Crippen LogP) is 2.80. The fourth-order valence-corrected chi connectivity index (χ4v) is 3.83. The molecule has 2 saturated heterocycles. The summed E-state index contributed by atoms with van der Waals surface area (Å²) < 4.78 is 5.48. The lowest BCUT2D eigenvalue weighted by Crippen LogP contribution is -2.43. The number of halogens is 2. The van der Waals surface area contributed by atoms with Gasteiger partial charge in [-0.1, -0.05) is 30.3 Å². The lowest BCUT2D eigenvalue weighted by molar-refractivity contribution is -0.121. The maximum absolute atomic E-state index is 12.3. The maximum atomic E-state index is 12.3. The number of morpholine rings is 1. The number of carbonyl (C=O) groups is 1. The number of hydrogen-bond acceptors (Lipinski definition) is 4. The van der Waals surface area contributed by atoms with Crippen molar-refractivity contribution in [3.05, 3.63) is 35.9 Å². The quantitative estimate of drug-likeness (QED) is 0.715. The van der Waals surface area contributed by atoms with Crippen molar-refractivity contribution in [2.45, 2.75) is 31.7 Å². The van der Waals surface area contributed by atoms with Gasteiger partial charge in [0.25, 0.3) is 0 Å². The lowest BCUT2D eigenvalue weighted by Gasteiger charge is -2.35. The molecule has 27 heavy (non-hydrogen) atoms. The lowest BCUT2D eigenvalue weighted by atomic mass is 9.93. The van der Waals surface area contributed by atoms with E-state index in [4.69, 9.17) is 4.74 Å². The van der Waals surface area contributed by atoms with E-state index in [0.717, 1.165) is 45.8 Å². The number of amides is 1. The van der Waals surface area contributed by atoms with Crippen LogP contribution in [0.5, 0.6) is 0 Å². The van der Waals surface area contributed by atoms with Crippen LogP contribution in [0.1, 0.15) is 37.3 Å². The molecule has 0 aliphatic carbocycles. The molecule has 1 unspecified atom stereocenters. The van der Waals surface area contributed by atoms with Crippen LogP contribution in [0.3, 0.4) is 0 Å². The Labute approximate surface area is 175 Å². The number of rotatable bonds is 7. The number of nitrogens with one attached hydrogen (secondary N) is 2. The van der Waals surface area contributed by atoms with Crippen molar-refractivity contribution in [2.24, 2.45) is 5.92 Å². The van der Waals surface area contributed by atoms with E-state index < -0.39 is 0 Å². The summed E-state index contributed by atoms with van der Waals surface area (Å²) in [5.74, 6) is 0.892. The molecule has 1 atom stereocenters. The van der Waals surface area contributed by atoms with E-state index in [1.165, 1.54) is 18.4 Å². The summed E-state index contributed by atoms with van der Waals surface area (Å²) in [4.78, 5) is 14.8. The fraction of sp³-hybridized carbons (Fsp3) is 0.650. The molecule has 2 fully saturated rings. The second-order valence-electron chi connectivity index (χ2n) is 7.11. The predicted molar refractivity (Wildman–Crippen MR) is 114 cm³/mol. The highest BCUT2D eigenvalue weighted by Gasteiger charge is 2.23. The Hall–Kier alpha value is -0.850. The Morgan fingerprint density at radius 1 is 1.15 bits per heavy atom. The van der Waals surface area contributed by atoms with E-state index in [1.807, 2.05) is 6.07 Å². The van der Waals surface area contributed by atoms with Crippen LogP contribution in [0.25, 0.3) is 0 Å². The Morgan fingerprint density at radius 2 is 1.81 bits per heavy atom. The molecular formula is C20H33Cl2N3O2. The van der Waals surface area contributed by atoms with E-state index in [9.17, 15) is 4.79 Å². The van der Waals surface area contributed by atoms with Gasteiger partial charge in [0, 0.05) is 26.1 Å². The molecule has 7 heteroatoms. The monoisotopic (exact) mass is 417 g/mol. The van der Waals surface area contributed by atoms with Gasteiger partial charge in [-0.05, 0) is 43.8 Å². The molecule has 0 radical (unpaired) electrons. The van der Waals surface area contributed by atoms with Crippen LogP contribution >= 0.6 is 24.8 Å². The number of carbonyl (C=O) groups excluding carboxylic acids is 1. The van der Waals surface area contributed by atoms with Crippen LogP contribution in [0, 0.1) is 5.92 Å². The highest BCUT2D eigenvalue weighted by molar-refractivity contribution is 5.85.